The summed E-state index contributed by atoms with van der Waals surface area (Å²) in [5.74, 6) is -0.493. The molecular formula is C37H38F2N6O4. The number of hydrogen-bond acceptors (Lipinski definition) is 7. The maximum absolute atomic E-state index is 13.0. The fraction of sp³-hybridized carbons (Fsp3) is 0.216. The summed E-state index contributed by atoms with van der Waals surface area (Å²) in [5, 5.41) is 12.7. The van der Waals surface area contributed by atoms with Gasteiger partial charge in [-0.3, -0.25) is 10.2 Å². The van der Waals surface area contributed by atoms with E-state index >= 15 is 0 Å². The highest BCUT2D eigenvalue weighted by Gasteiger charge is 2.26. The number of urea groups is 1. The predicted octanol–water partition coefficient (Wildman–Crippen LogP) is 6.42. The van der Waals surface area contributed by atoms with E-state index in [4.69, 9.17) is 19.4 Å². The minimum absolute atomic E-state index is 0.137. The lowest BCUT2D eigenvalue weighted by Crippen LogP contribution is -2.41. The van der Waals surface area contributed by atoms with Gasteiger partial charge in [-0.05, 0) is 42.8 Å². The molecule has 49 heavy (non-hydrogen) atoms. The zero-order valence-electron chi connectivity index (χ0n) is 27.3. The number of carbonyl (C=O) groups excluding carboxylic acids is 1. The lowest BCUT2D eigenvalue weighted by atomic mass is 10.1. The fourth-order valence-electron chi connectivity index (χ4n) is 4.76. The Morgan fingerprint density at radius 2 is 1.61 bits per heavy atom. The second-order valence-electron chi connectivity index (χ2n) is 10.6. The van der Waals surface area contributed by atoms with Crippen LogP contribution in [0.3, 0.4) is 0 Å². The van der Waals surface area contributed by atoms with Crippen molar-refractivity contribution in [3.05, 3.63) is 126 Å². The van der Waals surface area contributed by atoms with E-state index in [1.807, 2.05) is 79.7 Å². The van der Waals surface area contributed by atoms with Crippen LogP contribution in [0.15, 0.2) is 103 Å². The van der Waals surface area contributed by atoms with Crippen LogP contribution in [0.25, 0.3) is 16.9 Å². The molecule has 0 radical (unpaired) electrons. The van der Waals surface area contributed by atoms with E-state index in [1.165, 1.54) is 12.1 Å². The first-order valence-electron chi connectivity index (χ1n) is 15.4. The molecule has 1 atom stereocenters. The van der Waals surface area contributed by atoms with Crippen LogP contribution in [0.1, 0.15) is 11.1 Å². The van der Waals surface area contributed by atoms with Crippen LogP contribution < -0.4 is 15.4 Å². The van der Waals surface area contributed by atoms with Gasteiger partial charge in [0.05, 0.1) is 30.6 Å². The van der Waals surface area contributed by atoms with Crippen LogP contribution in [0.2, 0.25) is 0 Å². The highest BCUT2D eigenvalue weighted by atomic mass is 19.2. The van der Waals surface area contributed by atoms with Crippen molar-refractivity contribution in [2.45, 2.75) is 19.6 Å². The number of benzene rings is 3. The summed E-state index contributed by atoms with van der Waals surface area (Å²) < 4.78 is 36.6. The Balaban J connectivity index is 0.000000470. The molecule has 3 aromatic carbocycles. The monoisotopic (exact) mass is 668 g/mol. The molecule has 0 saturated carbocycles. The van der Waals surface area contributed by atoms with E-state index in [0.717, 1.165) is 34.5 Å². The number of halogens is 2. The Bertz CT molecular complexity index is 1750. The van der Waals surface area contributed by atoms with Crippen LogP contribution in [0.4, 0.5) is 19.4 Å². The minimum atomic E-state index is -0.799. The van der Waals surface area contributed by atoms with E-state index in [2.05, 4.69) is 28.5 Å². The van der Waals surface area contributed by atoms with E-state index in [-0.39, 0.29) is 12.1 Å². The van der Waals surface area contributed by atoms with Gasteiger partial charge in [0.15, 0.2) is 11.6 Å². The van der Waals surface area contributed by atoms with Gasteiger partial charge in [-0.2, -0.15) is 10.2 Å². The molecule has 1 aliphatic heterocycles. The molecular weight excluding hydrogens is 630 g/mol. The van der Waals surface area contributed by atoms with Crippen molar-refractivity contribution in [1.82, 2.24) is 25.1 Å². The van der Waals surface area contributed by atoms with E-state index in [0.29, 0.717) is 50.3 Å². The van der Waals surface area contributed by atoms with Crippen molar-refractivity contribution in [3.8, 4) is 35.7 Å². The molecule has 12 heteroatoms. The molecule has 0 aliphatic carbocycles. The number of amides is 2. The number of hydrogen-bond donors (Lipinski definition) is 2. The largest absolute Gasteiger partial charge is 0.473 e. The average molecular weight is 669 g/mol. The summed E-state index contributed by atoms with van der Waals surface area (Å²) in [6.07, 6.45) is 9.74. The third-order valence-corrected chi connectivity index (χ3v) is 7.18. The van der Waals surface area contributed by atoms with Crippen LogP contribution in [0.5, 0.6) is 5.88 Å². The van der Waals surface area contributed by atoms with E-state index in [1.54, 1.807) is 23.1 Å². The van der Waals surface area contributed by atoms with Gasteiger partial charge in [0.25, 0.3) is 0 Å². The van der Waals surface area contributed by atoms with Crippen molar-refractivity contribution in [2.75, 3.05) is 38.7 Å². The molecule has 1 saturated heterocycles. The number of nitrogens with one attached hydrogen (secondary N) is 2. The normalized spacial score (nSPS) is 13.7. The van der Waals surface area contributed by atoms with Gasteiger partial charge in [0.2, 0.25) is 5.88 Å². The number of hydroxylamine groups is 2. The topological polar surface area (TPSA) is 103 Å². The maximum Gasteiger partial charge on any atom is 0.320 e. The zero-order chi connectivity index (χ0) is 35.0. The van der Waals surface area contributed by atoms with Crippen LogP contribution in [-0.2, 0) is 16.2 Å². The van der Waals surface area contributed by atoms with Crippen molar-refractivity contribution >= 4 is 11.8 Å². The lowest BCUT2D eigenvalue weighted by Gasteiger charge is -2.15. The first-order valence-corrected chi connectivity index (χ1v) is 15.4. The number of para-hydroxylation sites is 1. The Morgan fingerprint density at radius 1 is 0.959 bits per heavy atom. The molecule has 2 N–H and O–H groups in total. The molecule has 254 valence electrons. The Kier molecular flexibility index (Phi) is 13.8. The van der Waals surface area contributed by atoms with Crippen molar-refractivity contribution in [2.24, 2.45) is 0 Å². The standard InChI is InChI=1S/C29H32N6O4.C6H4F2.C2H2/c1-21-27(23-13-14-26(30-17-23)38-19-22-9-5-3-6-10-22)33-35(25-11-7-4-8-12-25)28(21)32-29(36)31-24-18-34(39-20-24)15-16-37-2;7-5-3-1-2-4-6(5)8;1-2/h3-14,17,24H,15-16,18-20H2,1-2H3,(H2,31,32,36);1-4H;1-2H/t24-;;/m1../s1. The lowest BCUT2D eigenvalue weighted by molar-refractivity contribution is -0.118. The van der Waals surface area contributed by atoms with Gasteiger partial charge in [-0.25, -0.2) is 23.2 Å². The highest BCUT2D eigenvalue weighted by Crippen LogP contribution is 2.31. The maximum atomic E-state index is 13.0. The Hall–Kier alpha value is -5.61. The summed E-state index contributed by atoms with van der Waals surface area (Å²) in [4.78, 5) is 23.1. The summed E-state index contributed by atoms with van der Waals surface area (Å²) in [6, 6.07) is 28.0. The highest BCUT2D eigenvalue weighted by molar-refractivity contribution is 5.91. The molecule has 6 rings (SSSR count). The number of pyridine rings is 1. The van der Waals surface area contributed by atoms with Crippen molar-refractivity contribution < 1.29 is 27.9 Å². The van der Waals surface area contributed by atoms with E-state index in [9.17, 15) is 13.6 Å². The summed E-state index contributed by atoms with van der Waals surface area (Å²) in [7, 11) is 1.65. The number of anilines is 1. The molecule has 3 heterocycles. The van der Waals surface area contributed by atoms with Crippen molar-refractivity contribution in [1.29, 1.82) is 0 Å². The third kappa shape index (κ3) is 10.4. The summed E-state index contributed by atoms with van der Waals surface area (Å²) >= 11 is 0. The second kappa shape index (κ2) is 18.7. The van der Waals surface area contributed by atoms with Gasteiger partial charge >= 0.3 is 6.03 Å². The second-order valence-corrected chi connectivity index (χ2v) is 10.6. The number of carbonyl (C=O) groups is 1. The molecule has 2 aromatic heterocycles. The molecule has 1 fully saturated rings. The van der Waals surface area contributed by atoms with Crippen molar-refractivity contribution in [3.63, 3.8) is 0 Å². The van der Waals surface area contributed by atoms with Gasteiger partial charge in [0.1, 0.15) is 12.4 Å². The molecule has 1 aliphatic rings. The molecule has 0 spiro atoms. The molecule has 10 nitrogen and oxygen atoms in total. The van der Waals surface area contributed by atoms with Gasteiger partial charge in [-0.15, -0.1) is 12.8 Å². The SMILES string of the molecule is C#C.COCCN1C[C@@H](NC(=O)Nc2c(C)c(-c3ccc(OCc4ccccc4)nc3)nn2-c2ccccc2)CO1.Fc1ccccc1F. The summed E-state index contributed by atoms with van der Waals surface area (Å²) in [6.45, 7) is 4.57. The zero-order valence-corrected chi connectivity index (χ0v) is 27.3. The number of ether oxygens (including phenoxy) is 2. The number of aromatic nitrogens is 3. The summed E-state index contributed by atoms with van der Waals surface area (Å²) in [5.41, 5.74) is 4.24. The minimum Gasteiger partial charge on any atom is -0.473 e. The number of terminal acetylenes is 1. The van der Waals surface area contributed by atoms with Crippen LogP contribution in [0, 0.1) is 31.4 Å². The number of methoxy groups -OCH3 is 1. The average Bonchev–Trinajstić information content (AvgIpc) is 3.73. The fourth-order valence-corrected chi connectivity index (χ4v) is 4.76. The van der Waals surface area contributed by atoms with Crippen LogP contribution in [-0.4, -0.2) is 65.3 Å². The smallest absolute Gasteiger partial charge is 0.320 e. The number of nitrogens with zero attached hydrogens (tertiary/aromatic N) is 4. The predicted molar refractivity (Wildman–Crippen MR) is 184 cm³/mol. The van der Waals surface area contributed by atoms with Gasteiger partial charge in [-0.1, -0.05) is 60.7 Å². The first-order chi connectivity index (χ1) is 23.9. The number of rotatable bonds is 10. The molecule has 5 aromatic rings. The van der Waals surface area contributed by atoms with Gasteiger partial charge in [0, 0.05) is 43.6 Å². The quantitative estimate of drug-likeness (QED) is 0.166. The van der Waals surface area contributed by atoms with Crippen LogP contribution >= 0.6 is 0 Å². The molecule has 2 amide bonds. The first kappa shape index (κ1) is 36.2. The Labute approximate surface area is 284 Å². The van der Waals surface area contributed by atoms with E-state index < -0.39 is 11.6 Å². The van der Waals surface area contributed by atoms with Gasteiger partial charge < -0.3 is 14.8 Å². The molecule has 0 bridgehead atoms. The third-order valence-electron chi connectivity index (χ3n) is 7.18. The Morgan fingerprint density at radius 3 is 2.22 bits per heavy atom. The molecule has 0 unspecified atom stereocenters.